The topological polar surface area (TPSA) is 43.1 Å². The van der Waals surface area contributed by atoms with Gasteiger partial charge in [-0.15, -0.1) is 0 Å². The van der Waals surface area contributed by atoms with Gasteiger partial charge in [-0.3, -0.25) is 4.21 Å². The summed E-state index contributed by atoms with van der Waals surface area (Å²) in [5, 5.41) is 0.418. The zero-order valence-corrected chi connectivity index (χ0v) is 11.9. The molecule has 5 heteroatoms. The molecule has 2 aromatic rings. The van der Waals surface area contributed by atoms with Gasteiger partial charge in [0.15, 0.2) is 0 Å². The summed E-state index contributed by atoms with van der Waals surface area (Å²) >= 11 is 5.96. The first kappa shape index (κ1) is 14.0. The van der Waals surface area contributed by atoms with Crippen molar-refractivity contribution in [2.24, 2.45) is 0 Å². The summed E-state index contributed by atoms with van der Waals surface area (Å²) in [5.41, 5.74) is 7.78. The fourth-order valence-electron chi connectivity index (χ4n) is 1.67. The predicted molar refractivity (Wildman–Crippen MR) is 77.1 cm³/mol. The number of hydrogen-bond acceptors (Lipinski definition) is 2. The number of benzene rings is 2. The highest BCUT2D eigenvalue weighted by atomic mass is 35.5. The van der Waals surface area contributed by atoms with Crippen LogP contribution in [0.3, 0.4) is 0 Å². The minimum atomic E-state index is -1.28. The number of rotatable bonds is 3. The molecule has 2 rings (SSSR count). The van der Waals surface area contributed by atoms with Crippen LogP contribution in [0.4, 0.5) is 10.1 Å². The summed E-state index contributed by atoms with van der Waals surface area (Å²) in [7, 11) is -1.28. The van der Waals surface area contributed by atoms with Crippen molar-refractivity contribution < 1.29 is 8.60 Å². The average molecular weight is 298 g/mol. The summed E-state index contributed by atoms with van der Waals surface area (Å²) in [4.78, 5) is 0.659. The molecular formula is C14H13ClFNOS. The average Bonchev–Trinajstić information content (AvgIpc) is 2.37. The summed E-state index contributed by atoms with van der Waals surface area (Å²) in [6.07, 6.45) is 0. The van der Waals surface area contributed by atoms with E-state index in [4.69, 9.17) is 17.3 Å². The Morgan fingerprint density at radius 3 is 2.68 bits per heavy atom. The van der Waals surface area contributed by atoms with E-state index in [1.54, 1.807) is 18.2 Å². The molecular weight excluding hydrogens is 285 g/mol. The van der Waals surface area contributed by atoms with Gasteiger partial charge in [-0.25, -0.2) is 4.39 Å². The van der Waals surface area contributed by atoms with E-state index in [2.05, 4.69) is 0 Å². The van der Waals surface area contributed by atoms with Gasteiger partial charge in [0.25, 0.3) is 0 Å². The van der Waals surface area contributed by atoms with Crippen LogP contribution in [0.25, 0.3) is 0 Å². The van der Waals surface area contributed by atoms with Crippen molar-refractivity contribution in [1.29, 1.82) is 0 Å². The fraction of sp³-hybridized carbons (Fsp3) is 0.143. The molecule has 0 saturated carbocycles. The number of nitrogen functional groups attached to an aromatic ring is 1. The molecule has 1 unspecified atom stereocenters. The molecule has 0 aliphatic rings. The lowest BCUT2D eigenvalue weighted by molar-refractivity contribution is 0.626. The highest BCUT2D eigenvalue weighted by molar-refractivity contribution is 7.84. The first-order chi connectivity index (χ1) is 8.97. The molecule has 0 spiro atoms. The molecule has 2 nitrogen and oxygen atoms in total. The van der Waals surface area contributed by atoms with Gasteiger partial charge in [0, 0.05) is 15.6 Å². The molecule has 0 amide bonds. The molecule has 19 heavy (non-hydrogen) atoms. The van der Waals surface area contributed by atoms with Gasteiger partial charge in [0.2, 0.25) is 0 Å². The second-order valence-corrected chi connectivity index (χ2v) is 6.10. The zero-order valence-electron chi connectivity index (χ0n) is 10.3. The Morgan fingerprint density at radius 2 is 2.00 bits per heavy atom. The third kappa shape index (κ3) is 3.33. The van der Waals surface area contributed by atoms with Gasteiger partial charge < -0.3 is 5.73 Å². The number of anilines is 1. The number of aryl methyl sites for hydroxylation is 1. The Balaban J connectivity index is 2.25. The molecule has 0 heterocycles. The van der Waals surface area contributed by atoms with Crippen LogP contribution < -0.4 is 5.73 Å². The van der Waals surface area contributed by atoms with Crippen LogP contribution in [0, 0.1) is 12.7 Å². The van der Waals surface area contributed by atoms with Gasteiger partial charge in [-0.05, 0) is 54.4 Å². The summed E-state index contributed by atoms with van der Waals surface area (Å²) < 4.78 is 25.4. The monoisotopic (exact) mass is 297 g/mol. The van der Waals surface area contributed by atoms with Crippen LogP contribution in [-0.4, -0.2) is 4.21 Å². The molecule has 0 bridgehead atoms. The molecule has 100 valence electrons. The van der Waals surface area contributed by atoms with E-state index in [0.29, 0.717) is 21.2 Å². The minimum Gasteiger partial charge on any atom is -0.399 e. The number of hydrogen-bond donors (Lipinski definition) is 1. The first-order valence-electron chi connectivity index (χ1n) is 5.66. The SMILES string of the molecule is Cc1cc(S(=O)Cc2cc(F)ccc2Cl)ccc1N. The van der Waals surface area contributed by atoms with E-state index in [1.807, 2.05) is 6.92 Å². The van der Waals surface area contributed by atoms with E-state index in [1.165, 1.54) is 18.2 Å². The second-order valence-electron chi connectivity index (χ2n) is 4.24. The van der Waals surface area contributed by atoms with Crippen LogP contribution in [0.1, 0.15) is 11.1 Å². The Morgan fingerprint density at radius 1 is 1.26 bits per heavy atom. The number of nitrogens with two attached hydrogens (primary N) is 1. The predicted octanol–water partition coefficient (Wildman–Crippen LogP) is 3.68. The van der Waals surface area contributed by atoms with Crippen molar-refractivity contribution in [3.8, 4) is 0 Å². The van der Waals surface area contributed by atoms with Crippen LogP contribution >= 0.6 is 11.6 Å². The molecule has 0 aliphatic carbocycles. The van der Waals surface area contributed by atoms with Crippen LogP contribution in [-0.2, 0) is 16.6 Å². The molecule has 2 N–H and O–H groups in total. The maximum Gasteiger partial charge on any atom is 0.123 e. The fourth-order valence-corrected chi connectivity index (χ4v) is 3.15. The van der Waals surface area contributed by atoms with Gasteiger partial charge >= 0.3 is 0 Å². The summed E-state index contributed by atoms with van der Waals surface area (Å²) in [6.45, 7) is 1.85. The normalized spacial score (nSPS) is 12.4. The van der Waals surface area contributed by atoms with E-state index in [0.717, 1.165) is 5.56 Å². The van der Waals surface area contributed by atoms with Crippen molar-refractivity contribution in [3.05, 3.63) is 58.4 Å². The lowest BCUT2D eigenvalue weighted by atomic mass is 10.2. The van der Waals surface area contributed by atoms with Crippen molar-refractivity contribution in [2.45, 2.75) is 17.6 Å². The van der Waals surface area contributed by atoms with Crippen LogP contribution in [0.15, 0.2) is 41.3 Å². The summed E-state index contributed by atoms with van der Waals surface area (Å²) in [5.74, 6) is -0.204. The van der Waals surface area contributed by atoms with Crippen molar-refractivity contribution >= 4 is 28.1 Å². The Labute approximate surface area is 118 Å². The molecule has 0 radical (unpaired) electrons. The third-order valence-corrected chi connectivity index (χ3v) is 4.52. The molecule has 0 aromatic heterocycles. The smallest absolute Gasteiger partial charge is 0.123 e. The lowest BCUT2D eigenvalue weighted by Crippen LogP contribution is -1.99. The Kier molecular flexibility index (Phi) is 4.22. The second kappa shape index (κ2) is 5.72. The van der Waals surface area contributed by atoms with Crippen molar-refractivity contribution in [3.63, 3.8) is 0 Å². The van der Waals surface area contributed by atoms with Crippen molar-refractivity contribution in [1.82, 2.24) is 0 Å². The number of halogens is 2. The van der Waals surface area contributed by atoms with E-state index in [9.17, 15) is 8.60 Å². The Bertz CT molecular complexity index is 645. The summed E-state index contributed by atoms with van der Waals surface area (Å²) in [6, 6.07) is 9.27. The van der Waals surface area contributed by atoms with Crippen LogP contribution in [0.2, 0.25) is 5.02 Å². The highest BCUT2D eigenvalue weighted by Gasteiger charge is 2.10. The molecule has 0 fully saturated rings. The molecule has 1 atom stereocenters. The lowest BCUT2D eigenvalue weighted by Gasteiger charge is -2.07. The zero-order chi connectivity index (χ0) is 14.0. The maximum absolute atomic E-state index is 13.1. The quantitative estimate of drug-likeness (QED) is 0.878. The standard InChI is InChI=1S/C14H13ClFNOS/c1-9-6-12(3-5-14(9)17)19(18)8-10-7-11(16)2-4-13(10)15/h2-7H,8,17H2,1H3. The van der Waals surface area contributed by atoms with Gasteiger partial charge in [0.1, 0.15) is 5.82 Å². The van der Waals surface area contributed by atoms with Crippen LogP contribution in [0.5, 0.6) is 0 Å². The van der Waals surface area contributed by atoms with E-state index in [-0.39, 0.29) is 11.6 Å². The van der Waals surface area contributed by atoms with E-state index < -0.39 is 10.8 Å². The Hall–Kier alpha value is -1.39. The maximum atomic E-state index is 13.1. The third-order valence-electron chi connectivity index (χ3n) is 2.80. The van der Waals surface area contributed by atoms with Gasteiger partial charge in [-0.2, -0.15) is 0 Å². The first-order valence-corrected chi connectivity index (χ1v) is 7.35. The minimum absolute atomic E-state index is 0.181. The molecule has 0 saturated heterocycles. The molecule has 2 aromatic carbocycles. The van der Waals surface area contributed by atoms with E-state index >= 15 is 0 Å². The molecule has 0 aliphatic heterocycles. The van der Waals surface area contributed by atoms with Gasteiger partial charge in [-0.1, -0.05) is 11.6 Å². The highest BCUT2D eigenvalue weighted by Crippen LogP contribution is 2.22. The largest absolute Gasteiger partial charge is 0.399 e. The van der Waals surface area contributed by atoms with Gasteiger partial charge in [0.05, 0.1) is 16.6 Å². The van der Waals surface area contributed by atoms with Crippen molar-refractivity contribution in [2.75, 3.05) is 5.73 Å².